The third kappa shape index (κ3) is 3.00. The van der Waals surface area contributed by atoms with E-state index in [4.69, 9.17) is 4.74 Å². The zero-order valence-corrected chi connectivity index (χ0v) is 14.2. The van der Waals surface area contributed by atoms with Crippen molar-refractivity contribution in [3.05, 3.63) is 18.2 Å². The number of nitrogens with zero attached hydrogens (tertiary/aromatic N) is 3. The average molecular weight is 339 g/mol. The van der Waals surface area contributed by atoms with Crippen LogP contribution in [-0.2, 0) is 14.8 Å². The fourth-order valence-corrected chi connectivity index (χ4v) is 4.33. The monoisotopic (exact) mass is 339 g/mol. The van der Waals surface area contributed by atoms with E-state index in [1.807, 2.05) is 11.9 Å². The molecule has 1 saturated heterocycles. The van der Waals surface area contributed by atoms with Gasteiger partial charge < -0.3 is 14.5 Å². The number of benzene rings is 1. The van der Waals surface area contributed by atoms with Gasteiger partial charge in [-0.05, 0) is 18.2 Å². The Morgan fingerprint density at radius 2 is 1.83 bits per heavy atom. The van der Waals surface area contributed by atoms with Gasteiger partial charge in [-0.25, -0.2) is 8.42 Å². The lowest BCUT2D eigenvalue weighted by Gasteiger charge is -2.34. The molecule has 0 bridgehead atoms. The van der Waals surface area contributed by atoms with E-state index in [1.165, 1.54) is 11.2 Å². The molecule has 7 nitrogen and oxygen atoms in total. The number of rotatable bonds is 2. The summed E-state index contributed by atoms with van der Waals surface area (Å²) in [6.07, 6.45) is 0. The summed E-state index contributed by atoms with van der Waals surface area (Å²) in [5.74, 6) is 0.689. The number of hydrogen-bond acceptors (Lipinski definition) is 5. The molecule has 126 valence electrons. The molecular formula is C15H21N3O4S. The van der Waals surface area contributed by atoms with Gasteiger partial charge in [-0.2, -0.15) is 4.31 Å². The Hall–Kier alpha value is -1.80. The Morgan fingerprint density at radius 3 is 2.48 bits per heavy atom. The molecule has 0 aliphatic carbocycles. The van der Waals surface area contributed by atoms with Gasteiger partial charge in [-0.15, -0.1) is 0 Å². The standard InChI is InChI=1S/C15H21N3O4S/c1-12(19)17-5-7-18(8-6-17)23(20,21)13-3-4-15-14(11-13)16(2)9-10-22-15/h3-4,11H,5-10H2,1-2H3. The van der Waals surface area contributed by atoms with Gasteiger partial charge >= 0.3 is 0 Å². The molecule has 0 atom stereocenters. The summed E-state index contributed by atoms with van der Waals surface area (Å²) >= 11 is 0. The fraction of sp³-hybridized carbons (Fsp3) is 0.533. The Balaban J connectivity index is 1.83. The highest BCUT2D eigenvalue weighted by atomic mass is 32.2. The van der Waals surface area contributed by atoms with E-state index in [-0.39, 0.29) is 10.8 Å². The van der Waals surface area contributed by atoms with Crippen LogP contribution in [0.15, 0.2) is 23.1 Å². The predicted octanol–water partition coefficient (Wildman–Crippen LogP) is 0.368. The predicted molar refractivity (Wildman–Crippen MR) is 86.2 cm³/mol. The fourth-order valence-electron chi connectivity index (χ4n) is 2.88. The molecule has 0 aromatic heterocycles. The van der Waals surface area contributed by atoms with Crippen molar-refractivity contribution in [2.75, 3.05) is 51.3 Å². The first-order chi connectivity index (χ1) is 10.9. The van der Waals surface area contributed by atoms with Gasteiger partial charge in [0.15, 0.2) is 0 Å². The molecule has 1 amide bonds. The lowest BCUT2D eigenvalue weighted by atomic mass is 10.2. The molecule has 1 fully saturated rings. The Morgan fingerprint density at radius 1 is 1.13 bits per heavy atom. The van der Waals surface area contributed by atoms with E-state index >= 15 is 0 Å². The minimum atomic E-state index is -3.55. The molecule has 0 radical (unpaired) electrons. The SMILES string of the molecule is CC(=O)N1CCN(S(=O)(=O)c2ccc3c(c2)N(C)CCO3)CC1. The third-order valence-corrected chi connectivity index (χ3v) is 6.24. The van der Waals surface area contributed by atoms with Crippen molar-refractivity contribution >= 4 is 21.6 Å². The van der Waals surface area contributed by atoms with Crippen LogP contribution in [0.25, 0.3) is 0 Å². The van der Waals surface area contributed by atoms with Crippen molar-refractivity contribution in [2.24, 2.45) is 0 Å². The van der Waals surface area contributed by atoms with Gasteiger partial charge in [-0.3, -0.25) is 4.79 Å². The zero-order chi connectivity index (χ0) is 16.6. The Kier molecular flexibility index (Phi) is 4.20. The molecule has 0 spiro atoms. The number of ether oxygens (including phenoxy) is 1. The van der Waals surface area contributed by atoms with Crippen LogP contribution in [0.5, 0.6) is 5.75 Å². The van der Waals surface area contributed by atoms with Crippen LogP contribution in [0, 0.1) is 0 Å². The maximum Gasteiger partial charge on any atom is 0.243 e. The lowest BCUT2D eigenvalue weighted by Crippen LogP contribution is -2.49. The van der Waals surface area contributed by atoms with Crippen LogP contribution in [0.4, 0.5) is 5.69 Å². The summed E-state index contributed by atoms with van der Waals surface area (Å²) in [6.45, 7) is 4.35. The van der Waals surface area contributed by atoms with E-state index in [0.717, 1.165) is 12.2 Å². The van der Waals surface area contributed by atoms with E-state index in [0.29, 0.717) is 38.5 Å². The van der Waals surface area contributed by atoms with Gasteiger partial charge in [0.1, 0.15) is 12.4 Å². The molecule has 2 heterocycles. The van der Waals surface area contributed by atoms with Crippen LogP contribution in [0.2, 0.25) is 0 Å². The second-order valence-corrected chi connectivity index (χ2v) is 7.75. The first-order valence-corrected chi connectivity index (χ1v) is 9.07. The second kappa shape index (κ2) is 6.01. The summed E-state index contributed by atoms with van der Waals surface area (Å²) in [6, 6.07) is 4.97. The number of hydrogen-bond donors (Lipinski definition) is 0. The van der Waals surface area contributed by atoms with Gasteiger partial charge in [0.25, 0.3) is 0 Å². The van der Waals surface area contributed by atoms with Crippen LogP contribution < -0.4 is 9.64 Å². The summed E-state index contributed by atoms with van der Waals surface area (Å²) in [5.41, 5.74) is 0.791. The van der Waals surface area contributed by atoms with Crippen molar-refractivity contribution in [1.29, 1.82) is 0 Å². The highest BCUT2D eigenvalue weighted by molar-refractivity contribution is 7.89. The number of carbonyl (C=O) groups excluding carboxylic acids is 1. The van der Waals surface area contributed by atoms with Crippen molar-refractivity contribution < 1.29 is 17.9 Å². The summed E-state index contributed by atoms with van der Waals surface area (Å²) < 4.78 is 32.6. The molecule has 2 aliphatic heterocycles. The second-order valence-electron chi connectivity index (χ2n) is 5.81. The van der Waals surface area contributed by atoms with Crippen LogP contribution >= 0.6 is 0 Å². The molecule has 23 heavy (non-hydrogen) atoms. The highest BCUT2D eigenvalue weighted by Crippen LogP contribution is 2.33. The molecule has 0 N–H and O–H groups in total. The minimum Gasteiger partial charge on any atom is -0.490 e. The first-order valence-electron chi connectivity index (χ1n) is 7.63. The van der Waals surface area contributed by atoms with Crippen LogP contribution in [-0.4, -0.2) is 69.9 Å². The highest BCUT2D eigenvalue weighted by Gasteiger charge is 2.30. The van der Waals surface area contributed by atoms with Crippen molar-refractivity contribution in [3.63, 3.8) is 0 Å². The number of carbonyl (C=O) groups is 1. The maximum absolute atomic E-state index is 12.8. The normalized spacial score (nSPS) is 19.2. The minimum absolute atomic E-state index is 0.0189. The summed E-state index contributed by atoms with van der Waals surface area (Å²) in [7, 11) is -1.63. The molecule has 1 aromatic carbocycles. The number of amides is 1. The molecule has 0 unspecified atom stereocenters. The number of likely N-dealkylation sites (N-methyl/N-ethyl adjacent to an activating group) is 1. The van der Waals surface area contributed by atoms with Crippen molar-refractivity contribution in [2.45, 2.75) is 11.8 Å². The molecule has 3 rings (SSSR count). The van der Waals surface area contributed by atoms with Gasteiger partial charge in [0.05, 0.1) is 17.1 Å². The smallest absolute Gasteiger partial charge is 0.243 e. The average Bonchev–Trinajstić information content (AvgIpc) is 2.55. The van der Waals surface area contributed by atoms with Crippen molar-refractivity contribution in [3.8, 4) is 5.75 Å². The summed E-state index contributed by atoms with van der Waals surface area (Å²) in [4.78, 5) is 15.3. The lowest BCUT2D eigenvalue weighted by molar-refractivity contribution is -0.129. The summed E-state index contributed by atoms with van der Waals surface area (Å²) in [5, 5.41) is 0. The zero-order valence-electron chi connectivity index (χ0n) is 13.4. The van der Waals surface area contributed by atoms with E-state index in [1.54, 1.807) is 23.1 Å². The molecular weight excluding hydrogens is 318 g/mol. The van der Waals surface area contributed by atoms with Gasteiger partial charge in [0.2, 0.25) is 15.9 Å². The van der Waals surface area contributed by atoms with E-state index in [9.17, 15) is 13.2 Å². The van der Waals surface area contributed by atoms with E-state index < -0.39 is 10.0 Å². The van der Waals surface area contributed by atoms with Crippen LogP contribution in [0.1, 0.15) is 6.92 Å². The number of piperazine rings is 1. The Bertz CT molecular complexity index is 711. The van der Waals surface area contributed by atoms with Crippen molar-refractivity contribution in [1.82, 2.24) is 9.21 Å². The third-order valence-electron chi connectivity index (χ3n) is 4.35. The number of anilines is 1. The van der Waals surface area contributed by atoms with E-state index in [2.05, 4.69) is 0 Å². The number of sulfonamides is 1. The molecule has 8 heteroatoms. The topological polar surface area (TPSA) is 70.2 Å². The maximum atomic E-state index is 12.8. The van der Waals surface area contributed by atoms with Gasteiger partial charge in [-0.1, -0.05) is 0 Å². The Labute approximate surface area is 136 Å². The van der Waals surface area contributed by atoms with Crippen LogP contribution in [0.3, 0.4) is 0 Å². The largest absolute Gasteiger partial charge is 0.490 e. The first kappa shape index (κ1) is 16.1. The molecule has 1 aromatic rings. The number of fused-ring (bicyclic) bond motifs is 1. The van der Waals surface area contributed by atoms with Gasteiger partial charge in [0, 0.05) is 40.2 Å². The molecule has 2 aliphatic rings. The molecule has 0 saturated carbocycles. The quantitative estimate of drug-likeness (QED) is 0.778.